The summed E-state index contributed by atoms with van der Waals surface area (Å²) in [4.78, 5) is 23.9. The van der Waals surface area contributed by atoms with Gasteiger partial charge >= 0.3 is 5.97 Å². The highest BCUT2D eigenvalue weighted by molar-refractivity contribution is 6.30. The van der Waals surface area contributed by atoms with Crippen LogP contribution < -0.4 is 5.32 Å². The summed E-state index contributed by atoms with van der Waals surface area (Å²) in [7, 11) is 0. The Morgan fingerprint density at radius 1 is 1.19 bits per heavy atom. The number of benzene rings is 2. The second-order valence-electron chi connectivity index (χ2n) is 5.59. The number of ether oxygens (including phenoxy) is 1. The molecule has 1 heterocycles. The van der Waals surface area contributed by atoms with Crippen LogP contribution in [0.25, 0.3) is 11.0 Å². The molecule has 0 spiro atoms. The topological polar surface area (TPSA) is 86.1 Å². The van der Waals surface area contributed by atoms with E-state index in [0.717, 1.165) is 11.1 Å². The first-order valence-electron chi connectivity index (χ1n) is 8.08. The number of fused-ring (bicyclic) bond motifs is 1. The lowest BCUT2D eigenvalue weighted by Gasteiger charge is -2.07. The van der Waals surface area contributed by atoms with E-state index >= 15 is 0 Å². The van der Waals surface area contributed by atoms with Crippen LogP contribution in [0.5, 0.6) is 0 Å². The number of aryl methyl sites for hydroxylation is 1. The Labute approximate surface area is 154 Å². The molecular weight excluding hydrogens is 356 g/mol. The molecule has 0 unspecified atom stereocenters. The van der Waals surface area contributed by atoms with Crippen LogP contribution in [0.4, 0.5) is 0 Å². The average Bonchev–Trinajstić information content (AvgIpc) is 3.08. The van der Waals surface area contributed by atoms with Gasteiger partial charge in [0.2, 0.25) is 0 Å². The molecule has 0 saturated heterocycles. The van der Waals surface area contributed by atoms with Gasteiger partial charge in [0.15, 0.2) is 6.61 Å². The Hall–Kier alpha value is -2.93. The summed E-state index contributed by atoms with van der Waals surface area (Å²) >= 11 is 5.81. The van der Waals surface area contributed by atoms with Crippen LogP contribution in [-0.4, -0.2) is 33.5 Å². The third-order valence-electron chi connectivity index (χ3n) is 3.79. The first-order chi connectivity index (χ1) is 12.6. The third-order valence-corrected chi connectivity index (χ3v) is 4.04. The van der Waals surface area contributed by atoms with Crippen molar-refractivity contribution in [3.8, 4) is 0 Å². The SMILES string of the molecule is CCn1nnc2cc(C(=O)OCC(=O)NCc3ccc(Cl)cc3)ccc21. The van der Waals surface area contributed by atoms with Crippen molar-refractivity contribution in [2.45, 2.75) is 20.0 Å². The first-order valence-corrected chi connectivity index (χ1v) is 8.46. The maximum atomic E-state index is 12.1. The third kappa shape index (κ3) is 4.18. The van der Waals surface area contributed by atoms with Crippen molar-refractivity contribution in [1.82, 2.24) is 20.3 Å². The highest BCUT2D eigenvalue weighted by atomic mass is 35.5. The van der Waals surface area contributed by atoms with E-state index in [1.54, 1.807) is 35.0 Å². The molecule has 1 aromatic heterocycles. The Morgan fingerprint density at radius 2 is 1.96 bits per heavy atom. The normalized spacial score (nSPS) is 10.7. The number of aromatic nitrogens is 3. The number of amides is 1. The summed E-state index contributed by atoms with van der Waals surface area (Å²) in [5, 5.41) is 11.3. The summed E-state index contributed by atoms with van der Waals surface area (Å²) in [5.41, 5.74) is 2.67. The highest BCUT2D eigenvalue weighted by Crippen LogP contribution is 2.14. The van der Waals surface area contributed by atoms with Gasteiger partial charge in [-0.2, -0.15) is 0 Å². The van der Waals surface area contributed by atoms with Crippen LogP contribution in [-0.2, 0) is 22.6 Å². The second kappa shape index (κ2) is 7.97. The molecule has 7 nitrogen and oxygen atoms in total. The molecule has 0 bridgehead atoms. The Kier molecular flexibility index (Phi) is 5.48. The highest BCUT2D eigenvalue weighted by Gasteiger charge is 2.13. The van der Waals surface area contributed by atoms with E-state index in [1.165, 1.54) is 0 Å². The molecule has 0 aliphatic carbocycles. The standard InChI is InChI=1S/C18H17ClN4O3/c1-2-23-16-8-5-13(9-15(16)21-22-23)18(25)26-11-17(24)20-10-12-3-6-14(19)7-4-12/h3-9H,2,10-11H2,1H3,(H,20,24). The van der Waals surface area contributed by atoms with Crippen molar-refractivity contribution in [3.63, 3.8) is 0 Å². The van der Waals surface area contributed by atoms with Gasteiger partial charge in [-0.25, -0.2) is 9.48 Å². The Bertz CT molecular complexity index is 937. The minimum absolute atomic E-state index is 0.325. The molecule has 0 aliphatic rings. The fraction of sp³-hybridized carbons (Fsp3) is 0.222. The molecule has 0 atom stereocenters. The number of carbonyl (C=O) groups is 2. The first kappa shape index (κ1) is 17.9. The lowest BCUT2D eigenvalue weighted by molar-refractivity contribution is -0.124. The zero-order valence-electron chi connectivity index (χ0n) is 14.1. The number of halogens is 1. The van der Waals surface area contributed by atoms with Crippen molar-refractivity contribution in [1.29, 1.82) is 0 Å². The summed E-state index contributed by atoms with van der Waals surface area (Å²) in [6.45, 7) is 2.62. The molecule has 0 fully saturated rings. The van der Waals surface area contributed by atoms with E-state index in [4.69, 9.17) is 16.3 Å². The fourth-order valence-corrected chi connectivity index (χ4v) is 2.53. The zero-order chi connectivity index (χ0) is 18.5. The van der Waals surface area contributed by atoms with Crippen LogP contribution in [0.3, 0.4) is 0 Å². The number of esters is 1. The number of carbonyl (C=O) groups excluding carboxylic acids is 2. The largest absolute Gasteiger partial charge is 0.452 e. The lowest BCUT2D eigenvalue weighted by atomic mass is 10.2. The van der Waals surface area contributed by atoms with Gasteiger partial charge in [0.1, 0.15) is 5.52 Å². The predicted octanol–water partition coefficient (Wildman–Crippen LogP) is 2.58. The van der Waals surface area contributed by atoms with Gasteiger partial charge < -0.3 is 10.1 Å². The molecule has 0 saturated carbocycles. The number of hydrogen-bond acceptors (Lipinski definition) is 5. The lowest BCUT2D eigenvalue weighted by Crippen LogP contribution is -2.28. The van der Waals surface area contributed by atoms with Gasteiger partial charge in [0.05, 0.1) is 11.1 Å². The van der Waals surface area contributed by atoms with Gasteiger partial charge in [-0.3, -0.25) is 4.79 Å². The van der Waals surface area contributed by atoms with Gasteiger partial charge in [-0.1, -0.05) is 28.9 Å². The van der Waals surface area contributed by atoms with Gasteiger partial charge in [-0.05, 0) is 42.8 Å². The number of nitrogens with one attached hydrogen (secondary N) is 1. The van der Waals surface area contributed by atoms with E-state index in [-0.39, 0.29) is 12.5 Å². The van der Waals surface area contributed by atoms with Crippen LogP contribution in [0.15, 0.2) is 42.5 Å². The van der Waals surface area contributed by atoms with E-state index in [9.17, 15) is 9.59 Å². The second-order valence-corrected chi connectivity index (χ2v) is 6.02. The molecule has 3 aromatic rings. The van der Waals surface area contributed by atoms with E-state index in [2.05, 4.69) is 15.6 Å². The van der Waals surface area contributed by atoms with E-state index in [1.807, 2.05) is 19.1 Å². The van der Waals surface area contributed by atoms with Crippen LogP contribution >= 0.6 is 11.6 Å². The maximum Gasteiger partial charge on any atom is 0.338 e. The van der Waals surface area contributed by atoms with Crippen LogP contribution in [0, 0.1) is 0 Å². The number of nitrogens with zero attached hydrogens (tertiary/aromatic N) is 3. The molecule has 1 N–H and O–H groups in total. The van der Waals surface area contributed by atoms with Crippen molar-refractivity contribution in [3.05, 3.63) is 58.6 Å². The van der Waals surface area contributed by atoms with Crippen molar-refractivity contribution in [2.24, 2.45) is 0 Å². The van der Waals surface area contributed by atoms with Crippen LogP contribution in [0.2, 0.25) is 5.02 Å². The number of rotatable bonds is 6. The monoisotopic (exact) mass is 372 g/mol. The summed E-state index contributed by atoms with van der Waals surface area (Å²) in [6, 6.07) is 12.1. The van der Waals surface area contributed by atoms with Gasteiger partial charge in [0.25, 0.3) is 5.91 Å². The Morgan fingerprint density at radius 3 is 2.69 bits per heavy atom. The quantitative estimate of drug-likeness (QED) is 0.672. The van der Waals surface area contributed by atoms with Crippen molar-refractivity contribution in [2.75, 3.05) is 6.61 Å². The fourth-order valence-electron chi connectivity index (χ4n) is 2.40. The smallest absolute Gasteiger partial charge is 0.338 e. The molecule has 3 rings (SSSR count). The molecule has 0 radical (unpaired) electrons. The van der Waals surface area contributed by atoms with E-state index < -0.39 is 5.97 Å². The molecule has 0 aliphatic heterocycles. The average molecular weight is 373 g/mol. The summed E-state index contributed by atoms with van der Waals surface area (Å²) < 4.78 is 6.78. The van der Waals surface area contributed by atoms with Gasteiger partial charge in [-0.15, -0.1) is 5.10 Å². The van der Waals surface area contributed by atoms with Crippen molar-refractivity contribution < 1.29 is 14.3 Å². The minimum Gasteiger partial charge on any atom is -0.452 e. The molecule has 1 amide bonds. The molecular formula is C18H17ClN4O3. The predicted molar refractivity (Wildman–Crippen MR) is 96.8 cm³/mol. The van der Waals surface area contributed by atoms with Crippen molar-refractivity contribution >= 4 is 34.5 Å². The number of hydrogen-bond donors (Lipinski definition) is 1. The molecule has 2 aromatic carbocycles. The van der Waals surface area contributed by atoms with Gasteiger partial charge in [0, 0.05) is 18.1 Å². The summed E-state index contributed by atoms with van der Waals surface area (Å²) in [5.74, 6) is -0.967. The minimum atomic E-state index is -0.584. The van der Waals surface area contributed by atoms with Crippen LogP contribution in [0.1, 0.15) is 22.8 Å². The zero-order valence-corrected chi connectivity index (χ0v) is 14.9. The Balaban J connectivity index is 1.53. The maximum absolute atomic E-state index is 12.1. The molecule has 134 valence electrons. The molecule has 26 heavy (non-hydrogen) atoms. The molecule has 8 heteroatoms. The van der Waals surface area contributed by atoms with E-state index in [0.29, 0.717) is 29.2 Å². The summed E-state index contributed by atoms with van der Waals surface area (Å²) in [6.07, 6.45) is 0.